The van der Waals surface area contributed by atoms with Gasteiger partial charge in [-0.25, -0.2) is 12.8 Å². The van der Waals surface area contributed by atoms with Crippen molar-refractivity contribution < 1.29 is 40.6 Å². The first-order valence-electron chi connectivity index (χ1n) is 11.4. The van der Waals surface area contributed by atoms with E-state index in [1.54, 1.807) is 18.4 Å². The average molecular weight is 528 g/mol. The van der Waals surface area contributed by atoms with E-state index in [9.17, 15) is 35.9 Å². The zero-order valence-electron chi connectivity index (χ0n) is 19.8. The van der Waals surface area contributed by atoms with Crippen LogP contribution < -0.4 is 0 Å². The number of fused-ring (bicyclic) bond motifs is 3. The molecule has 4 rings (SSSR count). The zero-order valence-corrected chi connectivity index (χ0v) is 20.6. The number of esters is 1. The van der Waals surface area contributed by atoms with Crippen molar-refractivity contribution in [3.63, 3.8) is 0 Å². The van der Waals surface area contributed by atoms with Gasteiger partial charge >= 0.3 is 12.1 Å². The second-order valence-corrected chi connectivity index (χ2v) is 10.9. The molecule has 1 aliphatic carbocycles. The zero-order chi connectivity index (χ0) is 26.6. The third-order valence-electron chi connectivity index (χ3n) is 6.52. The lowest BCUT2D eigenvalue weighted by Crippen LogP contribution is -2.23. The number of alkyl halides is 3. The molecule has 11 heteroatoms. The standard InChI is InChI=1S/C25H25F4NO5S/c1-4-21(32)35-19-10-9-18(31)22-17-11-16(26)12-20(36(3,33)34)23(17)30(24(19)22)13(2)14-5-7-15(8-6-14)25(27,28)29/h5-8,11-13,18-19,31H,4,9-10H2,1-3H3/t13?,18-,19+/m0/s1. The number of nitrogens with zero attached hydrogens (tertiary/aromatic N) is 1. The summed E-state index contributed by atoms with van der Waals surface area (Å²) in [7, 11) is -3.98. The van der Waals surface area contributed by atoms with Crippen LogP contribution >= 0.6 is 0 Å². The van der Waals surface area contributed by atoms with Crippen molar-refractivity contribution in [2.45, 2.75) is 62.4 Å². The van der Waals surface area contributed by atoms with Gasteiger partial charge in [0.05, 0.1) is 33.8 Å². The molecule has 6 nitrogen and oxygen atoms in total. The lowest BCUT2D eigenvalue weighted by Gasteiger charge is -2.30. The van der Waals surface area contributed by atoms with E-state index in [0.29, 0.717) is 11.3 Å². The monoisotopic (exact) mass is 527 g/mol. The minimum atomic E-state index is -4.54. The Balaban J connectivity index is 2.06. The van der Waals surface area contributed by atoms with Crippen LogP contribution in [0, 0.1) is 5.82 Å². The fourth-order valence-electron chi connectivity index (χ4n) is 4.83. The number of carbonyl (C=O) groups excluding carboxylic acids is 1. The number of aliphatic hydroxyl groups is 1. The van der Waals surface area contributed by atoms with Gasteiger partial charge in [-0.3, -0.25) is 4.79 Å². The van der Waals surface area contributed by atoms with E-state index in [1.807, 2.05) is 0 Å². The molecule has 0 radical (unpaired) electrons. The smallest absolute Gasteiger partial charge is 0.416 e. The van der Waals surface area contributed by atoms with Gasteiger partial charge in [-0.2, -0.15) is 13.2 Å². The minimum absolute atomic E-state index is 0.0757. The fourth-order valence-corrected chi connectivity index (χ4v) is 5.71. The second-order valence-electron chi connectivity index (χ2n) is 8.96. The third-order valence-corrected chi connectivity index (χ3v) is 7.63. The number of halogens is 4. The summed E-state index contributed by atoms with van der Waals surface area (Å²) in [5.41, 5.74) is 0.200. The van der Waals surface area contributed by atoms with Crippen LogP contribution in [-0.2, 0) is 25.5 Å². The second kappa shape index (κ2) is 9.19. The van der Waals surface area contributed by atoms with E-state index in [4.69, 9.17) is 4.74 Å². The summed E-state index contributed by atoms with van der Waals surface area (Å²) in [6.45, 7) is 3.26. The molecule has 1 heterocycles. The highest BCUT2D eigenvalue weighted by Crippen LogP contribution is 2.48. The Morgan fingerprint density at radius 3 is 2.39 bits per heavy atom. The number of rotatable bonds is 5. The van der Waals surface area contributed by atoms with Crippen molar-refractivity contribution in [2.24, 2.45) is 0 Å². The number of carbonyl (C=O) groups is 1. The molecule has 1 N–H and O–H groups in total. The number of sulfone groups is 1. The van der Waals surface area contributed by atoms with E-state index in [2.05, 4.69) is 0 Å². The van der Waals surface area contributed by atoms with Gasteiger partial charge in [-0.05, 0) is 49.6 Å². The van der Waals surface area contributed by atoms with Crippen LogP contribution in [0.3, 0.4) is 0 Å². The predicted octanol–water partition coefficient (Wildman–Crippen LogP) is 5.63. The Bertz CT molecular complexity index is 1430. The van der Waals surface area contributed by atoms with Gasteiger partial charge in [-0.15, -0.1) is 0 Å². The molecule has 1 aromatic heterocycles. The van der Waals surface area contributed by atoms with Gasteiger partial charge < -0.3 is 14.4 Å². The molecule has 194 valence electrons. The summed E-state index contributed by atoms with van der Waals surface area (Å²) in [6, 6.07) is 5.64. The molecule has 36 heavy (non-hydrogen) atoms. The Morgan fingerprint density at radius 2 is 1.83 bits per heavy atom. The molecule has 0 saturated carbocycles. The average Bonchev–Trinajstić information content (AvgIpc) is 3.14. The third kappa shape index (κ3) is 4.61. The van der Waals surface area contributed by atoms with Crippen LogP contribution in [0.15, 0.2) is 41.3 Å². The SMILES string of the molecule is CCC(=O)O[C@@H]1CC[C@H](O)c2c1n(C(C)c1ccc(C(F)(F)F)cc1)c1c(S(C)(=O)=O)cc(F)cc21. The molecule has 3 atom stereocenters. The molecule has 0 fully saturated rings. The Labute approximate surface area is 205 Å². The highest BCUT2D eigenvalue weighted by molar-refractivity contribution is 7.91. The molecule has 1 aliphatic rings. The molecule has 0 bridgehead atoms. The van der Waals surface area contributed by atoms with Crippen molar-refractivity contribution in [3.05, 3.63) is 64.6 Å². The largest absolute Gasteiger partial charge is 0.456 e. The van der Waals surface area contributed by atoms with Crippen molar-refractivity contribution in [1.82, 2.24) is 4.57 Å². The van der Waals surface area contributed by atoms with E-state index in [1.165, 1.54) is 12.1 Å². The van der Waals surface area contributed by atoms with E-state index in [-0.39, 0.29) is 40.6 Å². The molecular weight excluding hydrogens is 502 g/mol. The van der Waals surface area contributed by atoms with E-state index >= 15 is 0 Å². The normalized spacial score (nSPS) is 19.2. The van der Waals surface area contributed by atoms with Crippen LogP contribution in [0.2, 0.25) is 0 Å². The van der Waals surface area contributed by atoms with Crippen molar-refractivity contribution >= 4 is 26.7 Å². The van der Waals surface area contributed by atoms with Crippen molar-refractivity contribution in [1.29, 1.82) is 0 Å². The highest BCUT2D eigenvalue weighted by atomic mass is 32.2. The number of aliphatic hydroxyl groups excluding tert-OH is 1. The lowest BCUT2D eigenvalue weighted by molar-refractivity contribution is -0.150. The summed E-state index contributed by atoms with van der Waals surface area (Å²) in [6.07, 6.45) is -5.08. The van der Waals surface area contributed by atoms with Crippen LogP contribution in [0.5, 0.6) is 0 Å². The highest BCUT2D eigenvalue weighted by Gasteiger charge is 2.38. The predicted molar refractivity (Wildman–Crippen MR) is 124 cm³/mol. The molecule has 0 aliphatic heterocycles. The summed E-state index contributed by atoms with van der Waals surface area (Å²) >= 11 is 0. The maximum absolute atomic E-state index is 14.6. The molecule has 3 aromatic rings. The number of ether oxygens (including phenoxy) is 1. The summed E-state index contributed by atoms with van der Waals surface area (Å²) in [4.78, 5) is 11.9. The quantitative estimate of drug-likeness (QED) is 0.343. The summed E-state index contributed by atoms with van der Waals surface area (Å²) in [5, 5.41) is 11.0. The van der Waals surface area contributed by atoms with Crippen LogP contribution in [-0.4, -0.2) is 30.3 Å². The first-order valence-corrected chi connectivity index (χ1v) is 13.2. The van der Waals surface area contributed by atoms with Crippen LogP contribution in [0.1, 0.15) is 73.7 Å². The first kappa shape index (κ1) is 26.2. The van der Waals surface area contributed by atoms with Crippen LogP contribution in [0.4, 0.5) is 17.6 Å². The van der Waals surface area contributed by atoms with Gasteiger partial charge in [0.1, 0.15) is 11.9 Å². The van der Waals surface area contributed by atoms with Crippen molar-refractivity contribution in [3.8, 4) is 0 Å². The van der Waals surface area contributed by atoms with E-state index in [0.717, 1.165) is 30.5 Å². The van der Waals surface area contributed by atoms with Crippen molar-refractivity contribution in [2.75, 3.05) is 6.26 Å². The molecule has 0 spiro atoms. The maximum atomic E-state index is 14.6. The molecule has 1 unspecified atom stereocenters. The maximum Gasteiger partial charge on any atom is 0.416 e. The lowest BCUT2D eigenvalue weighted by atomic mass is 9.90. The number of hydrogen-bond donors (Lipinski definition) is 1. The molecule has 0 saturated heterocycles. The molecular formula is C25H25F4NO5S. The topological polar surface area (TPSA) is 85.6 Å². The van der Waals surface area contributed by atoms with E-state index < -0.39 is 51.6 Å². The minimum Gasteiger partial charge on any atom is -0.456 e. The van der Waals surface area contributed by atoms with Gasteiger partial charge in [0, 0.05) is 23.6 Å². The van der Waals surface area contributed by atoms with Gasteiger partial charge in [0.15, 0.2) is 9.84 Å². The van der Waals surface area contributed by atoms with Gasteiger partial charge in [-0.1, -0.05) is 19.1 Å². The van der Waals surface area contributed by atoms with Gasteiger partial charge in [0.2, 0.25) is 0 Å². The number of benzene rings is 2. The molecule has 2 aromatic carbocycles. The fraction of sp³-hybridized carbons (Fsp3) is 0.400. The Morgan fingerprint density at radius 1 is 1.19 bits per heavy atom. The number of aromatic nitrogens is 1. The van der Waals surface area contributed by atoms with Crippen LogP contribution in [0.25, 0.3) is 10.9 Å². The summed E-state index contributed by atoms with van der Waals surface area (Å²) in [5.74, 6) is -1.35. The van der Waals surface area contributed by atoms with Gasteiger partial charge in [0.25, 0.3) is 0 Å². The summed E-state index contributed by atoms with van der Waals surface area (Å²) < 4.78 is 86.6. The molecule has 0 amide bonds. The Hall–Kier alpha value is -2.92. The first-order chi connectivity index (χ1) is 16.7. The Kier molecular flexibility index (Phi) is 6.67. The number of hydrogen-bond acceptors (Lipinski definition) is 5.